The third-order valence-electron chi connectivity index (χ3n) is 3.88. The second-order valence-corrected chi connectivity index (χ2v) is 5.50. The van der Waals surface area contributed by atoms with Crippen LogP contribution in [0, 0.1) is 5.92 Å². The predicted molar refractivity (Wildman–Crippen MR) is 86.0 cm³/mol. The van der Waals surface area contributed by atoms with E-state index in [0.717, 1.165) is 36.7 Å². The van der Waals surface area contributed by atoms with Gasteiger partial charge in [0.2, 0.25) is 0 Å². The highest BCUT2D eigenvalue weighted by Crippen LogP contribution is 2.24. The van der Waals surface area contributed by atoms with Crippen molar-refractivity contribution in [3.63, 3.8) is 0 Å². The number of aromatic nitrogens is 4. The van der Waals surface area contributed by atoms with E-state index in [-0.39, 0.29) is 0 Å². The first-order valence-electron chi connectivity index (χ1n) is 7.51. The molecule has 116 valence electrons. The third kappa shape index (κ3) is 2.98. The summed E-state index contributed by atoms with van der Waals surface area (Å²) in [5, 5.41) is 11.8. The van der Waals surface area contributed by atoms with Crippen LogP contribution in [0.15, 0.2) is 53.5 Å². The predicted octanol–water partition coefficient (Wildman–Crippen LogP) is 2.07. The van der Waals surface area contributed by atoms with Gasteiger partial charge in [-0.15, -0.1) is 10.2 Å². The van der Waals surface area contributed by atoms with Crippen LogP contribution in [0.5, 0.6) is 0 Å². The maximum atomic E-state index is 5.16. The lowest BCUT2D eigenvalue weighted by Gasteiger charge is -2.39. The lowest BCUT2D eigenvalue weighted by atomic mass is 10.0. The van der Waals surface area contributed by atoms with Crippen molar-refractivity contribution >= 4 is 11.8 Å². The number of nitrogens with one attached hydrogen (secondary N) is 1. The number of hydrogen-bond donors (Lipinski definition) is 1. The topological polar surface area (TPSA) is 80.0 Å². The van der Waals surface area contributed by atoms with Gasteiger partial charge in [-0.05, 0) is 24.3 Å². The Bertz CT molecular complexity index is 738. The van der Waals surface area contributed by atoms with Crippen molar-refractivity contribution in [2.24, 2.45) is 5.92 Å². The molecule has 0 spiro atoms. The van der Waals surface area contributed by atoms with Gasteiger partial charge in [0.15, 0.2) is 5.82 Å². The zero-order chi connectivity index (χ0) is 15.5. The SMILES string of the molecule is c1cc(-c2ccc(N3CC(CNc4ncco4)C3)nn2)ccn1. The molecule has 1 N–H and O–H groups in total. The normalized spacial score (nSPS) is 14.5. The molecular weight excluding hydrogens is 292 g/mol. The second-order valence-electron chi connectivity index (χ2n) is 5.50. The van der Waals surface area contributed by atoms with E-state index in [0.29, 0.717) is 11.9 Å². The van der Waals surface area contributed by atoms with E-state index in [9.17, 15) is 0 Å². The minimum absolute atomic E-state index is 0.559. The third-order valence-corrected chi connectivity index (χ3v) is 3.88. The summed E-state index contributed by atoms with van der Waals surface area (Å²) in [6.45, 7) is 2.76. The molecular formula is C16H16N6O. The van der Waals surface area contributed by atoms with Crippen molar-refractivity contribution in [2.45, 2.75) is 0 Å². The van der Waals surface area contributed by atoms with Gasteiger partial charge in [-0.3, -0.25) is 4.98 Å². The second kappa shape index (κ2) is 6.04. The zero-order valence-corrected chi connectivity index (χ0v) is 12.5. The average Bonchev–Trinajstić information content (AvgIpc) is 3.08. The van der Waals surface area contributed by atoms with E-state index in [1.54, 1.807) is 24.9 Å². The Kier molecular flexibility index (Phi) is 3.59. The first-order chi connectivity index (χ1) is 11.4. The molecule has 1 aliphatic rings. The number of oxazole rings is 1. The van der Waals surface area contributed by atoms with Crippen LogP contribution in [0.1, 0.15) is 0 Å². The van der Waals surface area contributed by atoms with E-state index in [1.807, 2.05) is 24.3 Å². The van der Waals surface area contributed by atoms with E-state index in [1.165, 1.54) is 0 Å². The largest absolute Gasteiger partial charge is 0.432 e. The average molecular weight is 308 g/mol. The summed E-state index contributed by atoms with van der Waals surface area (Å²) >= 11 is 0. The van der Waals surface area contributed by atoms with Gasteiger partial charge < -0.3 is 14.6 Å². The van der Waals surface area contributed by atoms with Gasteiger partial charge >= 0.3 is 0 Å². The molecule has 1 saturated heterocycles. The van der Waals surface area contributed by atoms with Gasteiger partial charge in [-0.1, -0.05) is 0 Å². The lowest BCUT2D eigenvalue weighted by molar-refractivity contribution is 0.420. The fourth-order valence-electron chi connectivity index (χ4n) is 2.60. The molecule has 3 aromatic rings. The van der Waals surface area contributed by atoms with Crippen LogP contribution in [-0.2, 0) is 0 Å². The van der Waals surface area contributed by atoms with Gasteiger partial charge in [-0.2, -0.15) is 0 Å². The van der Waals surface area contributed by atoms with Gasteiger partial charge in [0.05, 0.1) is 11.9 Å². The summed E-state index contributed by atoms with van der Waals surface area (Å²) in [5.41, 5.74) is 1.88. The highest BCUT2D eigenvalue weighted by molar-refractivity contribution is 5.59. The summed E-state index contributed by atoms with van der Waals surface area (Å²) in [5.74, 6) is 1.47. The van der Waals surface area contributed by atoms with Crippen molar-refractivity contribution in [3.05, 3.63) is 49.1 Å². The van der Waals surface area contributed by atoms with Crippen LogP contribution in [0.4, 0.5) is 11.8 Å². The molecule has 0 aromatic carbocycles. The van der Waals surface area contributed by atoms with Crippen LogP contribution in [0.25, 0.3) is 11.3 Å². The van der Waals surface area contributed by atoms with E-state index >= 15 is 0 Å². The Labute approximate surface area is 133 Å². The Hall–Kier alpha value is -2.96. The molecule has 23 heavy (non-hydrogen) atoms. The Morgan fingerprint density at radius 2 is 1.96 bits per heavy atom. The fourth-order valence-corrected chi connectivity index (χ4v) is 2.60. The van der Waals surface area contributed by atoms with Crippen LogP contribution >= 0.6 is 0 Å². The zero-order valence-electron chi connectivity index (χ0n) is 12.5. The van der Waals surface area contributed by atoms with Gasteiger partial charge in [0.1, 0.15) is 6.26 Å². The van der Waals surface area contributed by atoms with Crippen molar-refractivity contribution in [3.8, 4) is 11.3 Å². The maximum absolute atomic E-state index is 5.16. The number of nitrogens with zero attached hydrogens (tertiary/aromatic N) is 5. The van der Waals surface area contributed by atoms with Crippen LogP contribution in [0.3, 0.4) is 0 Å². The minimum atomic E-state index is 0.559. The van der Waals surface area contributed by atoms with Gasteiger partial charge in [0, 0.05) is 43.5 Å². The molecule has 3 aromatic heterocycles. The van der Waals surface area contributed by atoms with Crippen LogP contribution in [0.2, 0.25) is 0 Å². The smallest absolute Gasteiger partial charge is 0.294 e. The monoisotopic (exact) mass is 308 g/mol. The first kappa shape index (κ1) is 13.7. The van der Waals surface area contributed by atoms with E-state index < -0.39 is 0 Å². The van der Waals surface area contributed by atoms with Crippen LogP contribution in [-0.4, -0.2) is 39.8 Å². The molecule has 7 nitrogen and oxygen atoms in total. The summed E-state index contributed by atoms with van der Waals surface area (Å²) in [6.07, 6.45) is 6.71. The lowest BCUT2D eigenvalue weighted by Crippen LogP contribution is -2.50. The number of anilines is 2. The quantitative estimate of drug-likeness (QED) is 0.773. The summed E-state index contributed by atoms with van der Waals surface area (Å²) in [6, 6.07) is 8.44. The molecule has 0 saturated carbocycles. The molecule has 1 fully saturated rings. The van der Waals surface area contributed by atoms with Crippen molar-refractivity contribution in [1.82, 2.24) is 20.2 Å². The standard InChI is InChI=1S/C16H16N6O/c1-2-15(21-20-14(1)13-3-5-17-6-4-13)22-10-12(11-22)9-19-16-18-7-8-23-16/h1-8,12H,9-11H2,(H,18,19). The minimum Gasteiger partial charge on any atom is -0.432 e. The molecule has 4 rings (SSSR count). The van der Waals surface area contributed by atoms with Gasteiger partial charge in [-0.25, -0.2) is 4.98 Å². The Morgan fingerprint density at radius 1 is 1.09 bits per heavy atom. The first-order valence-corrected chi connectivity index (χ1v) is 7.51. The van der Waals surface area contributed by atoms with Gasteiger partial charge in [0.25, 0.3) is 6.01 Å². The molecule has 0 amide bonds. The summed E-state index contributed by atoms with van der Waals surface area (Å²) in [7, 11) is 0. The van der Waals surface area contributed by atoms with E-state index in [4.69, 9.17) is 4.42 Å². The molecule has 7 heteroatoms. The Morgan fingerprint density at radius 3 is 2.65 bits per heavy atom. The Balaban J connectivity index is 1.32. The number of rotatable bonds is 5. The molecule has 1 aliphatic heterocycles. The molecule has 0 bridgehead atoms. The van der Waals surface area contributed by atoms with Crippen molar-refractivity contribution in [2.75, 3.05) is 29.9 Å². The molecule has 0 radical (unpaired) electrons. The van der Waals surface area contributed by atoms with E-state index in [2.05, 4.69) is 30.4 Å². The highest BCUT2D eigenvalue weighted by Gasteiger charge is 2.28. The van der Waals surface area contributed by atoms with Crippen molar-refractivity contribution in [1.29, 1.82) is 0 Å². The van der Waals surface area contributed by atoms with Crippen LogP contribution < -0.4 is 10.2 Å². The molecule has 0 unspecified atom stereocenters. The maximum Gasteiger partial charge on any atom is 0.294 e. The number of hydrogen-bond acceptors (Lipinski definition) is 7. The number of pyridine rings is 1. The molecule has 0 aliphatic carbocycles. The summed E-state index contributed by atoms with van der Waals surface area (Å²) < 4.78 is 5.16. The fraction of sp³-hybridized carbons (Fsp3) is 0.250. The molecule has 0 atom stereocenters. The summed E-state index contributed by atoms with van der Waals surface area (Å²) in [4.78, 5) is 10.3. The highest BCUT2D eigenvalue weighted by atomic mass is 16.4. The van der Waals surface area contributed by atoms with Crippen molar-refractivity contribution < 1.29 is 4.42 Å². The molecule has 4 heterocycles.